The van der Waals surface area contributed by atoms with Crippen LogP contribution in [0.15, 0.2) is 24.3 Å². The van der Waals surface area contributed by atoms with Gasteiger partial charge >= 0.3 is 18.7 Å². The number of nitrogens with zero attached hydrogens (tertiary/aromatic N) is 1. The summed E-state index contributed by atoms with van der Waals surface area (Å²) in [6, 6.07) is 4.30. The minimum absolute atomic E-state index is 0.0175. The Hall–Kier alpha value is -3.24. The number of hydrogen-bond acceptors (Lipinski definition) is 5. The van der Waals surface area contributed by atoms with Gasteiger partial charge in [0.05, 0.1) is 0 Å². The van der Waals surface area contributed by atoms with E-state index >= 15 is 0 Å². The van der Waals surface area contributed by atoms with Crippen molar-refractivity contribution in [3.05, 3.63) is 29.8 Å². The van der Waals surface area contributed by atoms with Gasteiger partial charge in [0.2, 0.25) is 5.91 Å². The number of imide groups is 2. The van der Waals surface area contributed by atoms with E-state index in [9.17, 15) is 28.0 Å². The third-order valence-corrected chi connectivity index (χ3v) is 4.38. The number of ether oxygens (including phenoxy) is 1. The maximum atomic E-state index is 12.7. The molecule has 1 fully saturated rings. The summed E-state index contributed by atoms with van der Waals surface area (Å²) in [5, 5.41) is 7.08. The fraction of sp³-hybridized carbons (Fsp3) is 0.474. The summed E-state index contributed by atoms with van der Waals surface area (Å²) in [5.74, 6) is -1.37. The van der Waals surface area contributed by atoms with Crippen LogP contribution in [0.25, 0.3) is 0 Å². The molecule has 0 spiro atoms. The van der Waals surface area contributed by atoms with E-state index in [2.05, 4.69) is 20.7 Å². The van der Waals surface area contributed by atoms with Gasteiger partial charge in [-0.2, -0.15) is 8.78 Å². The first-order valence-corrected chi connectivity index (χ1v) is 9.28. The van der Waals surface area contributed by atoms with Gasteiger partial charge in [0.25, 0.3) is 5.91 Å². The molecule has 2 rings (SSSR count). The lowest BCUT2D eigenvalue weighted by atomic mass is 9.93. The van der Waals surface area contributed by atoms with Crippen molar-refractivity contribution in [1.82, 2.24) is 20.9 Å². The average molecular weight is 426 g/mol. The first-order chi connectivity index (χ1) is 14.0. The molecular weight excluding hydrogens is 402 g/mol. The number of nitrogens with one attached hydrogen (secondary N) is 3. The van der Waals surface area contributed by atoms with Crippen LogP contribution in [-0.2, 0) is 16.0 Å². The summed E-state index contributed by atoms with van der Waals surface area (Å²) in [4.78, 5) is 49.2. The first kappa shape index (κ1) is 23.0. The monoisotopic (exact) mass is 426 g/mol. The third-order valence-electron chi connectivity index (χ3n) is 4.38. The van der Waals surface area contributed by atoms with E-state index in [1.165, 1.54) is 19.1 Å². The number of hydrogen-bond donors (Lipinski definition) is 3. The highest BCUT2D eigenvalue weighted by Gasteiger charge is 2.47. The number of urea groups is 2. The normalized spacial score (nSPS) is 18.6. The minimum Gasteiger partial charge on any atom is -0.435 e. The summed E-state index contributed by atoms with van der Waals surface area (Å²) < 4.78 is 28.7. The molecule has 0 radical (unpaired) electrons. The number of halogens is 2. The molecule has 3 N–H and O–H groups in total. The summed E-state index contributed by atoms with van der Waals surface area (Å²) in [6.07, 6.45) is 0.590. The lowest BCUT2D eigenvalue weighted by molar-refractivity contribution is -0.134. The molecule has 0 saturated carbocycles. The Balaban J connectivity index is 1.93. The van der Waals surface area contributed by atoms with E-state index in [0.29, 0.717) is 6.42 Å². The second-order valence-electron chi connectivity index (χ2n) is 7.35. The van der Waals surface area contributed by atoms with Crippen LogP contribution >= 0.6 is 0 Å². The zero-order valence-electron chi connectivity index (χ0n) is 16.8. The van der Waals surface area contributed by atoms with Crippen molar-refractivity contribution < 1.29 is 32.7 Å². The standard InChI is InChI=1S/C19H24F2N4O5/c1-11(2)22-17(28)23-14(26)10-25-15(27)19(3,24-18(25)29)9-8-12-4-6-13(7-5-12)30-16(20)21/h4-7,11,16H,8-10H2,1-3H3,(H,24,29)(H2,22,23,26,28)/t19-/m0/s1. The molecule has 11 heteroatoms. The second-order valence-corrected chi connectivity index (χ2v) is 7.35. The van der Waals surface area contributed by atoms with Gasteiger partial charge in [-0.05, 0) is 51.3 Å². The predicted molar refractivity (Wildman–Crippen MR) is 102 cm³/mol. The van der Waals surface area contributed by atoms with Gasteiger partial charge in [-0.25, -0.2) is 9.59 Å². The number of carbonyl (C=O) groups excluding carboxylic acids is 4. The Bertz CT molecular complexity index is 816. The highest BCUT2D eigenvalue weighted by Crippen LogP contribution is 2.24. The number of amides is 6. The van der Waals surface area contributed by atoms with E-state index in [1.807, 2.05) is 0 Å². The lowest BCUT2D eigenvalue weighted by Gasteiger charge is -2.21. The van der Waals surface area contributed by atoms with Gasteiger partial charge in [0.1, 0.15) is 17.8 Å². The van der Waals surface area contributed by atoms with Crippen LogP contribution < -0.4 is 20.7 Å². The molecule has 1 aliphatic heterocycles. The third kappa shape index (κ3) is 6.13. The van der Waals surface area contributed by atoms with Crippen LogP contribution in [0, 0.1) is 0 Å². The minimum atomic E-state index is -2.92. The molecule has 0 unspecified atom stereocenters. The van der Waals surface area contributed by atoms with Crippen LogP contribution in [0.5, 0.6) is 5.75 Å². The molecule has 9 nitrogen and oxygen atoms in total. The SMILES string of the molecule is CC(C)NC(=O)NC(=O)CN1C(=O)N[C@@](C)(CCc2ccc(OC(F)F)cc2)C1=O. The van der Waals surface area contributed by atoms with Crippen LogP contribution in [0.3, 0.4) is 0 Å². The fourth-order valence-electron chi connectivity index (χ4n) is 2.90. The van der Waals surface area contributed by atoms with Crippen molar-refractivity contribution in [2.45, 2.75) is 51.8 Å². The molecule has 6 amide bonds. The molecule has 1 atom stereocenters. The van der Waals surface area contributed by atoms with Crippen molar-refractivity contribution in [3.8, 4) is 5.75 Å². The van der Waals surface area contributed by atoms with Gasteiger partial charge in [-0.15, -0.1) is 0 Å². The van der Waals surface area contributed by atoms with Crippen molar-refractivity contribution >= 4 is 23.9 Å². The number of alkyl halides is 2. The van der Waals surface area contributed by atoms with E-state index in [0.717, 1.165) is 10.5 Å². The Labute approximate surface area is 172 Å². The zero-order valence-corrected chi connectivity index (χ0v) is 16.8. The molecule has 1 aromatic carbocycles. The molecule has 1 heterocycles. The summed E-state index contributed by atoms with van der Waals surface area (Å²) in [6.45, 7) is 1.45. The molecule has 1 aliphatic rings. The quantitative estimate of drug-likeness (QED) is 0.548. The number of carbonyl (C=O) groups is 4. The maximum absolute atomic E-state index is 12.7. The summed E-state index contributed by atoms with van der Waals surface area (Å²) in [5.41, 5.74) is -0.489. The van der Waals surface area contributed by atoms with Gasteiger partial charge in [0.15, 0.2) is 0 Å². The Morgan fingerprint density at radius 1 is 1.20 bits per heavy atom. The van der Waals surface area contributed by atoms with Crippen molar-refractivity contribution in [1.29, 1.82) is 0 Å². The lowest BCUT2D eigenvalue weighted by Crippen LogP contribution is -2.48. The first-order valence-electron chi connectivity index (χ1n) is 9.28. The van der Waals surface area contributed by atoms with Crippen molar-refractivity contribution in [3.63, 3.8) is 0 Å². The Kier molecular flexibility index (Phi) is 7.30. The molecule has 0 bridgehead atoms. The van der Waals surface area contributed by atoms with Crippen molar-refractivity contribution in [2.24, 2.45) is 0 Å². The summed E-state index contributed by atoms with van der Waals surface area (Å²) >= 11 is 0. The Morgan fingerprint density at radius 3 is 2.40 bits per heavy atom. The largest absolute Gasteiger partial charge is 0.435 e. The number of aryl methyl sites for hydroxylation is 1. The maximum Gasteiger partial charge on any atom is 0.387 e. The van der Waals surface area contributed by atoms with Crippen LogP contribution in [0.4, 0.5) is 18.4 Å². The Morgan fingerprint density at radius 2 is 1.83 bits per heavy atom. The highest BCUT2D eigenvalue weighted by molar-refractivity contribution is 6.09. The van der Waals surface area contributed by atoms with E-state index < -0.39 is 42.6 Å². The molecule has 0 aromatic heterocycles. The fourth-order valence-corrected chi connectivity index (χ4v) is 2.90. The zero-order chi connectivity index (χ0) is 22.5. The summed E-state index contributed by atoms with van der Waals surface area (Å²) in [7, 11) is 0. The van der Waals surface area contributed by atoms with E-state index in [-0.39, 0.29) is 18.2 Å². The molecule has 1 saturated heterocycles. The van der Waals surface area contributed by atoms with E-state index in [1.54, 1.807) is 26.0 Å². The topological polar surface area (TPSA) is 117 Å². The molecule has 1 aromatic rings. The average Bonchev–Trinajstić information content (AvgIpc) is 2.83. The molecular formula is C19H24F2N4O5. The smallest absolute Gasteiger partial charge is 0.387 e. The van der Waals surface area contributed by atoms with Crippen LogP contribution in [0.1, 0.15) is 32.8 Å². The number of benzene rings is 1. The van der Waals surface area contributed by atoms with E-state index in [4.69, 9.17) is 0 Å². The van der Waals surface area contributed by atoms with Gasteiger partial charge < -0.3 is 15.4 Å². The van der Waals surface area contributed by atoms with Gasteiger partial charge in [-0.3, -0.25) is 19.8 Å². The molecule has 30 heavy (non-hydrogen) atoms. The molecule has 164 valence electrons. The van der Waals surface area contributed by atoms with Crippen LogP contribution in [-0.4, -0.2) is 53.5 Å². The predicted octanol–water partition coefficient (Wildman–Crippen LogP) is 1.77. The highest BCUT2D eigenvalue weighted by atomic mass is 19.3. The van der Waals surface area contributed by atoms with Gasteiger partial charge in [-0.1, -0.05) is 12.1 Å². The number of rotatable bonds is 8. The van der Waals surface area contributed by atoms with Crippen LogP contribution in [0.2, 0.25) is 0 Å². The second kappa shape index (κ2) is 9.51. The van der Waals surface area contributed by atoms with Gasteiger partial charge in [0, 0.05) is 6.04 Å². The molecule has 0 aliphatic carbocycles. The van der Waals surface area contributed by atoms with Crippen molar-refractivity contribution in [2.75, 3.05) is 6.54 Å².